The van der Waals surface area contributed by atoms with Crippen LogP contribution in [0.3, 0.4) is 0 Å². The number of carbonyl (C=O) groups is 1. The monoisotopic (exact) mass is 369 g/mol. The number of aryl methyl sites for hydroxylation is 1. The molecule has 1 aromatic rings. The van der Waals surface area contributed by atoms with Gasteiger partial charge in [0.05, 0.1) is 12.6 Å². The molecule has 5 heteroatoms. The van der Waals surface area contributed by atoms with Gasteiger partial charge in [0.15, 0.2) is 0 Å². The molecule has 5 nitrogen and oxygen atoms in total. The molecule has 1 saturated heterocycles. The Bertz CT molecular complexity index is 721. The van der Waals surface area contributed by atoms with E-state index in [1.807, 2.05) is 39.0 Å². The Kier molecular flexibility index (Phi) is 7.72. The molecule has 1 aromatic carbocycles. The lowest BCUT2D eigenvalue weighted by Gasteiger charge is -2.34. The average molecular weight is 370 g/mol. The van der Waals surface area contributed by atoms with Gasteiger partial charge in [0, 0.05) is 24.4 Å². The highest BCUT2D eigenvalue weighted by Gasteiger charge is 2.22. The number of nitriles is 1. The number of rotatable bonds is 7. The van der Waals surface area contributed by atoms with E-state index in [1.165, 1.54) is 6.42 Å². The Hall–Kier alpha value is -2.48. The number of ether oxygens (including phenoxy) is 1. The number of nitrogens with one attached hydrogen (secondary N) is 1. The summed E-state index contributed by atoms with van der Waals surface area (Å²) in [5.74, 6) is 0.426. The summed E-state index contributed by atoms with van der Waals surface area (Å²) in [5.41, 5.74) is 2.18. The second kappa shape index (κ2) is 10.0. The van der Waals surface area contributed by atoms with Gasteiger partial charge in [-0.25, -0.2) is 0 Å². The fraction of sp³-hybridized carbons (Fsp3) is 0.545. The molecule has 0 radical (unpaired) electrons. The SMILES string of the molecule is CCOc1ccc(C)cc1C(C)NC(=O)/C(C#N)=C\N1CCCCC1CC. The van der Waals surface area contributed by atoms with Crippen molar-refractivity contribution in [2.45, 2.75) is 65.5 Å². The average Bonchev–Trinajstić information content (AvgIpc) is 2.67. The fourth-order valence-corrected chi connectivity index (χ4v) is 3.58. The lowest BCUT2D eigenvalue weighted by Crippen LogP contribution is -2.36. The molecule has 0 aliphatic carbocycles. The summed E-state index contributed by atoms with van der Waals surface area (Å²) in [4.78, 5) is 14.9. The number of amides is 1. The molecule has 0 aromatic heterocycles. The van der Waals surface area contributed by atoms with Crippen molar-refractivity contribution in [3.63, 3.8) is 0 Å². The van der Waals surface area contributed by atoms with E-state index in [4.69, 9.17) is 4.74 Å². The van der Waals surface area contributed by atoms with Gasteiger partial charge in [0.25, 0.3) is 5.91 Å². The van der Waals surface area contributed by atoms with Crippen LogP contribution in [-0.4, -0.2) is 30.0 Å². The zero-order chi connectivity index (χ0) is 19.8. The third-order valence-electron chi connectivity index (χ3n) is 5.08. The first-order valence-corrected chi connectivity index (χ1v) is 9.92. The number of benzene rings is 1. The van der Waals surface area contributed by atoms with Gasteiger partial charge >= 0.3 is 0 Å². The van der Waals surface area contributed by atoms with Crippen LogP contribution < -0.4 is 10.1 Å². The molecule has 1 heterocycles. The minimum Gasteiger partial charge on any atom is -0.494 e. The second-order valence-corrected chi connectivity index (χ2v) is 7.12. The van der Waals surface area contributed by atoms with Crippen LogP contribution in [0.15, 0.2) is 30.0 Å². The van der Waals surface area contributed by atoms with Crippen LogP contribution in [0.1, 0.15) is 63.6 Å². The summed E-state index contributed by atoms with van der Waals surface area (Å²) in [5, 5.41) is 12.5. The molecule has 0 spiro atoms. The molecular weight excluding hydrogens is 338 g/mol. The van der Waals surface area contributed by atoms with Crippen LogP contribution >= 0.6 is 0 Å². The summed E-state index contributed by atoms with van der Waals surface area (Å²) in [7, 11) is 0. The highest BCUT2D eigenvalue weighted by atomic mass is 16.5. The van der Waals surface area contributed by atoms with Crippen LogP contribution in [-0.2, 0) is 4.79 Å². The first-order chi connectivity index (χ1) is 13.0. The van der Waals surface area contributed by atoms with Crippen molar-refractivity contribution in [1.29, 1.82) is 5.26 Å². The van der Waals surface area contributed by atoms with Crippen molar-refractivity contribution in [1.82, 2.24) is 10.2 Å². The molecule has 27 heavy (non-hydrogen) atoms. The number of likely N-dealkylation sites (tertiary alicyclic amines) is 1. The summed E-state index contributed by atoms with van der Waals surface area (Å²) in [6, 6.07) is 8.17. The van der Waals surface area contributed by atoms with E-state index in [-0.39, 0.29) is 17.5 Å². The van der Waals surface area contributed by atoms with Gasteiger partial charge in [0.1, 0.15) is 17.4 Å². The van der Waals surface area contributed by atoms with Crippen molar-refractivity contribution < 1.29 is 9.53 Å². The molecule has 1 amide bonds. The van der Waals surface area contributed by atoms with Gasteiger partial charge in [-0.05, 0) is 52.5 Å². The Morgan fingerprint density at radius 2 is 2.22 bits per heavy atom. The lowest BCUT2D eigenvalue weighted by atomic mass is 10.00. The van der Waals surface area contributed by atoms with E-state index in [0.29, 0.717) is 12.6 Å². The first kappa shape index (κ1) is 20.8. The second-order valence-electron chi connectivity index (χ2n) is 7.12. The minimum absolute atomic E-state index is 0.160. The van der Waals surface area contributed by atoms with E-state index in [9.17, 15) is 10.1 Å². The zero-order valence-corrected chi connectivity index (χ0v) is 16.9. The van der Waals surface area contributed by atoms with Gasteiger partial charge in [0.2, 0.25) is 0 Å². The molecule has 0 bridgehead atoms. The third kappa shape index (κ3) is 5.50. The van der Waals surface area contributed by atoms with E-state index < -0.39 is 0 Å². The maximum atomic E-state index is 12.7. The molecule has 2 unspecified atom stereocenters. The van der Waals surface area contributed by atoms with Gasteiger partial charge < -0.3 is 15.0 Å². The van der Waals surface area contributed by atoms with Crippen molar-refractivity contribution >= 4 is 5.91 Å². The summed E-state index contributed by atoms with van der Waals surface area (Å²) < 4.78 is 5.69. The Balaban J connectivity index is 2.15. The van der Waals surface area contributed by atoms with Crippen molar-refractivity contribution in [2.24, 2.45) is 0 Å². The quantitative estimate of drug-likeness (QED) is 0.577. The highest BCUT2D eigenvalue weighted by Crippen LogP contribution is 2.27. The van der Waals surface area contributed by atoms with Crippen LogP contribution in [0.2, 0.25) is 0 Å². The molecule has 1 N–H and O–H groups in total. The Morgan fingerprint density at radius 1 is 1.44 bits per heavy atom. The van der Waals surface area contributed by atoms with E-state index in [0.717, 1.165) is 42.7 Å². The number of piperidine rings is 1. The van der Waals surface area contributed by atoms with Crippen LogP contribution in [0.4, 0.5) is 0 Å². The lowest BCUT2D eigenvalue weighted by molar-refractivity contribution is -0.117. The molecule has 146 valence electrons. The molecule has 1 fully saturated rings. The topological polar surface area (TPSA) is 65.4 Å². The highest BCUT2D eigenvalue weighted by molar-refractivity contribution is 5.97. The maximum Gasteiger partial charge on any atom is 0.263 e. The van der Waals surface area contributed by atoms with Gasteiger partial charge in [-0.2, -0.15) is 5.26 Å². The third-order valence-corrected chi connectivity index (χ3v) is 5.08. The molecule has 0 saturated carbocycles. The van der Waals surface area contributed by atoms with Crippen LogP contribution in [0, 0.1) is 18.3 Å². The van der Waals surface area contributed by atoms with Gasteiger partial charge in [-0.1, -0.05) is 24.6 Å². The molecular formula is C22H31N3O2. The van der Waals surface area contributed by atoms with Crippen LogP contribution in [0.25, 0.3) is 0 Å². The summed E-state index contributed by atoms with van der Waals surface area (Å²) in [6.07, 6.45) is 6.19. The van der Waals surface area contributed by atoms with Gasteiger partial charge in [-0.3, -0.25) is 4.79 Å². The summed E-state index contributed by atoms with van der Waals surface area (Å²) >= 11 is 0. The first-order valence-electron chi connectivity index (χ1n) is 9.92. The van der Waals surface area contributed by atoms with Crippen molar-refractivity contribution in [3.8, 4) is 11.8 Å². The summed E-state index contributed by atoms with van der Waals surface area (Å²) in [6.45, 7) is 9.48. The molecule has 2 rings (SSSR count). The predicted octanol–water partition coefficient (Wildman–Crippen LogP) is 4.24. The van der Waals surface area contributed by atoms with Crippen molar-refractivity contribution in [2.75, 3.05) is 13.2 Å². The van der Waals surface area contributed by atoms with Crippen LogP contribution in [0.5, 0.6) is 5.75 Å². The van der Waals surface area contributed by atoms with E-state index in [2.05, 4.69) is 23.2 Å². The number of nitrogens with zero attached hydrogens (tertiary/aromatic N) is 2. The zero-order valence-electron chi connectivity index (χ0n) is 16.9. The maximum absolute atomic E-state index is 12.7. The van der Waals surface area contributed by atoms with Gasteiger partial charge in [-0.15, -0.1) is 0 Å². The van der Waals surface area contributed by atoms with E-state index >= 15 is 0 Å². The standard InChI is InChI=1S/C22H31N3O2/c1-5-19-9-7-8-12-25(19)15-18(14-23)22(26)24-17(4)20-13-16(3)10-11-21(20)27-6-2/h10-11,13,15,17,19H,5-9,12H2,1-4H3,(H,24,26)/b18-15-. The van der Waals surface area contributed by atoms with E-state index in [1.54, 1.807) is 6.20 Å². The largest absolute Gasteiger partial charge is 0.494 e. The Morgan fingerprint density at radius 3 is 2.89 bits per heavy atom. The Labute approximate surface area is 163 Å². The smallest absolute Gasteiger partial charge is 0.263 e. The molecule has 1 aliphatic rings. The minimum atomic E-state index is -0.339. The molecule has 2 atom stereocenters. The van der Waals surface area contributed by atoms with Crippen molar-refractivity contribution in [3.05, 3.63) is 41.1 Å². The number of carbonyl (C=O) groups excluding carboxylic acids is 1. The molecule has 1 aliphatic heterocycles. The predicted molar refractivity (Wildman–Crippen MR) is 107 cm³/mol. The normalized spacial score (nSPS) is 18.6. The number of hydrogen-bond donors (Lipinski definition) is 1. The number of hydrogen-bond acceptors (Lipinski definition) is 4. The fourth-order valence-electron chi connectivity index (χ4n) is 3.58.